The van der Waals surface area contributed by atoms with Gasteiger partial charge in [0.05, 0.1) is 0 Å². The summed E-state index contributed by atoms with van der Waals surface area (Å²) in [5, 5.41) is 0.649. The molecule has 0 bridgehead atoms. The van der Waals surface area contributed by atoms with Crippen LogP contribution in [0.2, 0.25) is 5.02 Å². The number of hydrogen-bond donors (Lipinski definition) is 2. The molecule has 0 saturated heterocycles. The van der Waals surface area contributed by atoms with Crippen molar-refractivity contribution >= 4 is 11.6 Å². The van der Waals surface area contributed by atoms with E-state index in [-0.39, 0.29) is 0 Å². The van der Waals surface area contributed by atoms with E-state index in [0.717, 1.165) is 11.1 Å². The second-order valence-corrected chi connectivity index (χ2v) is 2.62. The van der Waals surface area contributed by atoms with Crippen molar-refractivity contribution in [1.29, 1.82) is 0 Å². The Kier molecular flexibility index (Phi) is 2.88. The summed E-state index contributed by atoms with van der Waals surface area (Å²) in [5.74, 6) is 0. The normalized spacial score (nSPS) is 10.1. The molecule has 0 aliphatic heterocycles. The van der Waals surface area contributed by atoms with Gasteiger partial charge in [-0.15, -0.1) is 0 Å². The molecule has 0 spiro atoms. The van der Waals surface area contributed by atoms with Gasteiger partial charge in [0.2, 0.25) is 0 Å². The molecule has 0 unspecified atom stereocenters. The van der Waals surface area contributed by atoms with Crippen LogP contribution in [0.4, 0.5) is 0 Å². The summed E-state index contributed by atoms with van der Waals surface area (Å²) >= 11 is 5.84. The molecule has 0 amide bonds. The van der Waals surface area contributed by atoms with E-state index in [1.807, 2.05) is 6.07 Å². The van der Waals surface area contributed by atoms with Crippen molar-refractivity contribution in [1.82, 2.24) is 0 Å². The van der Waals surface area contributed by atoms with Crippen LogP contribution in [-0.2, 0) is 13.1 Å². The molecule has 0 aromatic heterocycles. The molecule has 1 aromatic carbocycles. The Bertz CT molecular complexity index is 248. The first-order chi connectivity index (χ1) is 5.29. The maximum Gasteiger partial charge on any atom is 0.0460 e. The minimum absolute atomic E-state index is 0.431. The molecule has 1 radical (unpaired) electrons. The van der Waals surface area contributed by atoms with Gasteiger partial charge in [-0.05, 0) is 29.3 Å². The standard InChI is InChI=1S/C8H10ClN2/c9-8-3-1-2-6(4-10)7(8)5-11/h2-3H,4-5,10-11H2. The number of benzene rings is 1. The lowest BCUT2D eigenvalue weighted by Crippen LogP contribution is -2.06. The molecule has 59 valence electrons. The van der Waals surface area contributed by atoms with E-state index in [9.17, 15) is 0 Å². The van der Waals surface area contributed by atoms with Crippen LogP contribution in [0.5, 0.6) is 0 Å². The molecule has 1 aromatic rings. The molecular formula is C8H10ClN2. The van der Waals surface area contributed by atoms with E-state index in [1.54, 1.807) is 6.07 Å². The highest BCUT2D eigenvalue weighted by Gasteiger charge is 2.02. The lowest BCUT2D eigenvalue weighted by molar-refractivity contribution is 0.979. The largest absolute Gasteiger partial charge is 0.326 e. The van der Waals surface area contributed by atoms with Gasteiger partial charge >= 0.3 is 0 Å². The first-order valence-corrected chi connectivity index (χ1v) is 3.75. The highest BCUT2D eigenvalue weighted by Crippen LogP contribution is 2.18. The van der Waals surface area contributed by atoms with Gasteiger partial charge in [-0.3, -0.25) is 0 Å². The van der Waals surface area contributed by atoms with Gasteiger partial charge in [-0.2, -0.15) is 0 Å². The fourth-order valence-corrected chi connectivity index (χ4v) is 1.22. The highest BCUT2D eigenvalue weighted by atomic mass is 35.5. The van der Waals surface area contributed by atoms with Crippen LogP contribution in [0.1, 0.15) is 11.1 Å². The van der Waals surface area contributed by atoms with Gasteiger partial charge in [0, 0.05) is 18.1 Å². The fraction of sp³-hybridized carbons (Fsp3) is 0.250. The Morgan fingerprint density at radius 3 is 2.45 bits per heavy atom. The molecule has 1 rings (SSSR count). The SMILES string of the molecule is NCc1c[c]cc(Cl)c1CN. The van der Waals surface area contributed by atoms with Crippen molar-refractivity contribution < 1.29 is 0 Å². The Hall–Kier alpha value is -0.570. The molecule has 0 atom stereocenters. The Morgan fingerprint density at radius 2 is 2.00 bits per heavy atom. The lowest BCUT2D eigenvalue weighted by atomic mass is 10.1. The molecule has 3 heteroatoms. The van der Waals surface area contributed by atoms with E-state index in [1.165, 1.54) is 0 Å². The zero-order valence-corrected chi connectivity index (χ0v) is 6.86. The summed E-state index contributed by atoms with van der Waals surface area (Å²) < 4.78 is 0. The second-order valence-electron chi connectivity index (χ2n) is 2.22. The average molecular weight is 170 g/mol. The van der Waals surface area contributed by atoms with Crippen LogP contribution in [0.3, 0.4) is 0 Å². The predicted octanol–water partition coefficient (Wildman–Crippen LogP) is 1.06. The maximum absolute atomic E-state index is 5.84. The number of rotatable bonds is 2. The monoisotopic (exact) mass is 169 g/mol. The molecule has 2 nitrogen and oxygen atoms in total. The minimum atomic E-state index is 0.431. The first-order valence-electron chi connectivity index (χ1n) is 3.37. The zero-order chi connectivity index (χ0) is 8.27. The molecule has 0 aliphatic carbocycles. The van der Waals surface area contributed by atoms with Gasteiger partial charge < -0.3 is 11.5 Å². The number of halogens is 1. The van der Waals surface area contributed by atoms with Crippen LogP contribution in [-0.4, -0.2) is 0 Å². The summed E-state index contributed by atoms with van der Waals surface area (Å²) in [5.41, 5.74) is 12.8. The molecule has 0 aliphatic rings. The Morgan fingerprint density at radius 1 is 1.27 bits per heavy atom. The molecule has 0 fully saturated rings. The maximum atomic E-state index is 5.84. The van der Waals surface area contributed by atoms with Gasteiger partial charge in [-0.1, -0.05) is 11.6 Å². The van der Waals surface area contributed by atoms with E-state index in [2.05, 4.69) is 6.07 Å². The molecule has 0 saturated carbocycles. The van der Waals surface area contributed by atoms with Crippen molar-refractivity contribution in [3.05, 3.63) is 34.3 Å². The summed E-state index contributed by atoms with van der Waals surface area (Å²) in [6.07, 6.45) is 0. The summed E-state index contributed by atoms with van der Waals surface area (Å²) in [6.45, 7) is 0.893. The van der Waals surface area contributed by atoms with Crippen LogP contribution in [0.15, 0.2) is 12.1 Å². The topological polar surface area (TPSA) is 52.0 Å². The third kappa shape index (κ3) is 1.71. The van der Waals surface area contributed by atoms with Gasteiger partial charge in [0.25, 0.3) is 0 Å². The van der Waals surface area contributed by atoms with Crippen LogP contribution in [0.25, 0.3) is 0 Å². The number of nitrogens with two attached hydrogens (primary N) is 2. The summed E-state index contributed by atoms with van der Waals surface area (Å²) in [7, 11) is 0. The molecule has 0 heterocycles. The Balaban J connectivity index is 3.13. The second kappa shape index (κ2) is 3.72. The van der Waals surface area contributed by atoms with Crippen molar-refractivity contribution in [2.45, 2.75) is 13.1 Å². The quantitative estimate of drug-likeness (QED) is 0.696. The minimum Gasteiger partial charge on any atom is -0.326 e. The van der Waals surface area contributed by atoms with E-state index in [4.69, 9.17) is 23.1 Å². The van der Waals surface area contributed by atoms with E-state index < -0.39 is 0 Å². The first kappa shape index (κ1) is 8.53. The van der Waals surface area contributed by atoms with Crippen LogP contribution >= 0.6 is 11.6 Å². The summed E-state index contributed by atoms with van der Waals surface area (Å²) in [6, 6.07) is 6.40. The third-order valence-corrected chi connectivity index (χ3v) is 1.90. The van der Waals surface area contributed by atoms with E-state index in [0.29, 0.717) is 18.1 Å². The third-order valence-electron chi connectivity index (χ3n) is 1.57. The zero-order valence-electron chi connectivity index (χ0n) is 6.10. The van der Waals surface area contributed by atoms with Crippen molar-refractivity contribution in [2.24, 2.45) is 11.5 Å². The molecular weight excluding hydrogens is 160 g/mol. The molecule has 11 heavy (non-hydrogen) atoms. The number of hydrogen-bond acceptors (Lipinski definition) is 2. The molecule has 4 N–H and O–H groups in total. The Labute approximate surface area is 71.1 Å². The van der Waals surface area contributed by atoms with Gasteiger partial charge in [0.1, 0.15) is 0 Å². The smallest absolute Gasteiger partial charge is 0.0460 e. The van der Waals surface area contributed by atoms with Gasteiger partial charge in [-0.25, -0.2) is 0 Å². The average Bonchev–Trinajstić information content (AvgIpc) is 2.04. The summed E-state index contributed by atoms with van der Waals surface area (Å²) in [4.78, 5) is 0. The highest BCUT2D eigenvalue weighted by molar-refractivity contribution is 6.31. The van der Waals surface area contributed by atoms with Crippen molar-refractivity contribution in [2.75, 3.05) is 0 Å². The predicted molar refractivity (Wildman–Crippen MR) is 46.1 cm³/mol. The fourth-order valence-electron chi connectivity index (χ4n) is 0.954. The van der Waals surface area contributed by atoms with E-state index >= 15 is 0 Å². The van der Waals surface area contributed by atoms with Crippen molar-refractivity contribution in [3.8, 4) is 0 Å². The lowest BCUT2D eigenvalue weighted by Gasteiger charge is -2.05. The van der Waals surface area contributed by atoms with Gasteiger partial charge in [0.15, 0.2) is 0 Å². The van der Waals surface area contributed by atoms with Crippen LogP contribution in [0, 0.1) is 6.07 Å². The van der Waals surface area contributed by atoms with Crippen molar-refractivity contribution in [3.63, 3.8) is 0 Å². The van der Waals surface area contributed by atoms with Crippen LogP contribution < -0.4 is 11.5 Å².